The van der Waals surface area contributed by atoms with Gasteiger partial charge in [-0.15, -0.1) is 0 Å². The second-order valence-electron chi connectivity index (χ2n) is 3.50. The molecular formula is C10H16N2O. The van der Waals surface area contributed by atoms with Crippen LogP contribution in [0.5, 0.6) is 0 Å². The van der Waals surface area contributed by atoms with Crippen LogP contribution in [0.1, 0.15) is 19.4 Å². The quantitative estimate of drug-likeness (QED) is 0.769. The molecule has 1 rings (SSSR count). The molecular weight excluding hydrogens is 164 g/mol. The largest absolute Gasteiger partial charge is 0.384 e. The van der Waals surface area contributed by atoms with Crippen LogP contribution in [0, 0.1) is 5.92 Å². The lowest BCUT2D eigenvalue weighted by atomic mass is 10.2. The van der Waals surface area contributed by atoms with E-state index in [9.17, 15) is 0 Å². The summed E-state index contributed by atoms with van der Waals surface area (Å²) in [6.07, 6.45) is 1.75. The van der Waals surface area contributed by atoms with E-state index in [2.05, 4.69) is 18.8 Å². The Labute approximate surface area is 78.9 Å². The first kappa shape index (κ1) is 9.99. The van der Waals surface area contributed by atoms with Crippen molar-refractivity contribution in [1.82, 2.24) is 4.98 Å². The molecule has 3 nitrogen and oxygen atoms in total. The van der Waals surface area contributed by atoms with Gasteiger partial charge in [0.2, 0.25) is 0 Å². The van der Waals surface area contributed by atoms with Gasteiger partial charge >= 0.3 is 0 Å². The zero-order valence-electron chi connectivity index (χ0n) is 8.16. The normalized spacial score (nSPS) is 10.7. The third kappa shape index (κ3) is 3.90. The van der Waals surface area contributed by atoms with Gasteiger partial charge in [0.25, 0.3) is 0 Å². The van der Waals surface area contributed by atoms with Crippen molar-refractivity contribution in [1.29, 1.82) is 0 Å². The van der Waals surface area contributed by atoms with Gasteiger partial charge in [0.05, 0.1) is 6.61 Å². The second kappa shape index (κ2) is 4.82. The summed E-state index contributed by atoms with van der Waals surface area (Å²) < 4.78 is 5.44. The van der Waals surface area contributed by atoms with Crippen LogP contribution >= 0.6 is 0 Å². The minimum absolute atomic E-state index is 0.549. The minimum Gasteiger partial charge on any atom is -0.384 e. The van der Waals surface area contributed by atoms with Crippen LogP contribution in [-0.4, -0.2) is 11.6 Å². The average Bonchev–Trinajstić information content (AvgIpc) is 2.08. The van der Waals surface area contributed by atoms with Crippen molar-refractivity contribution >= 4 is 5.82 Å². The van der Waals surface area contributed by atoms with Gasteiger partial charge in [-0.1, -0.05) is 19.9 Å². The lowest BCUT2D eigenvalue weighted by molar-refractivity contribution is 0.0969. The molecule has 0 amide bonds. The molecule has 2 N–H and O–H groups in total. The molecule has 1 aromatic rings. The number of anilines is 1. The van der Waals surface area contributed by atoms with Crippen molar-refractivity contribution in [3.05, 3.63) is 23.9 Å². The molecule has 0 spiro atoms. The lowest BCUT2D eigenvalue weighted by Gasteiger charge is -2.06. The van der Waals surface area contributed by atoms with Gasteiger partial charge in [-0.2, -0.15) is 0 Å². The second-order valence-corrected chi connectivity index (χ2v) is 3.50. The Hall–Kier alpha value is -1.09. The summed E-state index contributed by atoms with van der Waals surface area (Å²) in [6, 6.07) is 3.72. The van der Waals surface area contributed by atoms with Crippen molar-refractivity contribution < 1.29 is 4.74 Å². The Bertz CT molecular complexity index is 244. The van der Waals surface area contributed by atoms with E-state index in [4.69, 9.17) is 10.5 Å². The molecule has 0 saturated carbocycles. The first-order valence-corrected chi connectivity index (χ1v) is 4.46. The van der Waals surface area contributed by atoms with Crippen LogP contribution in [0.3, 0.4) is 0 Å². The Kier molecular flexibility index (Phi) is 3.71. The third-order valence-electron chi connectivity index (χ3n) is 1.57. The zero-order valence-corrected chi connectivity index (χ0v) is 8.16. The highest BCUT2D eigenvalue weighted by Gasteiger charge is 1.96. The lowest BCUT2D eigenvalue weighted by Crippen LogP contribution is -2.02. The fraction of sp³-hybridized carbons (Fsp3) is 0.500. The standard InChI is InChI=1S/C10H16N2O/c1-8(2)6-13-7-9-3-4-10(11)12-5-9/h3-5,8H,6-7H2,1-2H3,(H2,11,12). The molecule has 0 aromatic carbocycles. The first-order valence-electron chi connectivity index (χ1n) is 4.46. The highest BCUT2D eigenvalue weighted by atomic mass is 16.5. The Balaban J connectivity index is 2.33. The van der Waals surface area contributed by atoms with E-state index in [1.807, 2.05) is 6.07 Å². The number of nitrogens with two attached hydrogens (primary N) is 1. The molecule has 0 saturated heterocycles. The van der Waals surface area contributed by atoms with E-state index >= 15 is 0 Å². The molecule has 1 aromatic heterocycles. The Morgan fingerprint density at radius 1 is 1.46 bits per heavy atom. The summed E-state index contributed by atoms with van der Waals surface area (Å²) in [4.78, 5) is 3.97. The smallest absolute Gasteiger partial charge is 0.123 e. The van der Waals surface area contributed by atoms with Crippen molar-refractivity contribution in [2.75, 3.05) is 12.3 Å². The van der Waals surface area contributed by atoms with E-state index in [0.29, 0.717) is 18.3 Å². The maximum atomic E-state index is 5.45. The monoisotopic (exact) mass is 180 g/mol. The molecule has 0 radical (unpaired) electrons. The summed E-state index contributed by atoms with van der Waals surface area (Å²) in [5, 5.41) is 0. The van der Waals surface area contributed by atoms with Gasteiger partial charge in [-0.25, -0.2) is 4.98 Å². The zero-order chi connectivity index (χ0) is 9.68. The molecule has 0 fully saturated rings. The van der Waals surface area contributed by atoms with Crippen molar-refractivity contribution in [3.63, 3.8) is 0 Å². The van der Waals surface area contributed by atoms with Crippen LogP contribution in [0.15, 0.2) is 18.3 Å². The maximum absolute atomic E-state index is 5.45. The van der Waals surface area contributed by atoms with Gasteiger partial charge in [-0.05, 0) is 17.5 Å². The van der Waals surface area contributed by atoms with Crippen molar-refractivity contribution in [2.24, 2.45) is 5.92 Å². The van der Waals surface area contributed by atoms with Crippen LogP contribution in [0.2, 0.25) is 0 Å². The number of pyridine rings is 1. The maximum Gasteiger partial charge on any atom is 0.123 e. The summed E-state index contributed by atoms with van der Waals surface area (Å²) in [5.74, 6) is 1.12. The number of hydrogen-bond acceptors (Lipinski definition) is 3. The van der Waals surface area contributed by atoms with Gasteiger partial charge in [0.15, 0.2) is 0 Å². The molecule has 72 valence electrons. The van der Waals surface area contributed by atoms with Gasteiger partial charge < -0.3 is 10.5 Å². The highest BCUT2D eigenvalue weighted by Crippen LogP contribution is 2.03. The Morgan fingerprint density at radius 3 is 2.77 bits per heavy atom. The van der Waals surface area contributed by atoms with Crippen LogP contribution in [-0.2, 0) is 11.3 Å². The summed E-state index contributed by atoms with van der Waals surface area (Å²) in [5.41, 5.74) is 6.52. The summed E-state index contributed by atoms with van der Waals surface area (Å²) in [6.45, 7) is 5.65. The summed E-state index contributed by atoms with van der Waals surface area (Å²) in [7, 11) is 0. The van der Waals surface area contributed by atoms with E-state index in [-0.39, 0.29) is 0 Å². The van der Waals surface area contributed by atoms with Crippen molar-refractivity contribution in [3.8, 4) is 0 Å². The predicted molar refractivity (Wildman–Crippen MR) is 53.1 cm³/mol. The average molecular weight is 180 g/mol. The number of aromatic nitrogens is 1. The number of nitrogen functional groups attached to an aromatic ring is 1. The minimum atomic E-state index is 0.549. The molecule has 13 heavy (non-hydrogen) atoms. The number of rotatable bonds is 4. The van der Waals surface area contributed by atoms with E-state index < -0.39 is 0 Å². The highest BCUT2D eigenvalue weighted by molar-refractivity contribution is 5.28. The van der Waals surface area contributed by atoms with Gasteiger partial charge in [-0.3, -0.25) is 0 Å². The van der Waals surface area contributed by atoms with Crippen molar-refractivity contribution in [2.45, 2.75) is 20.5 Å². The molecule has 0 bridgehead atoms. The topological polar surface area (TPSA) is 48.1 Å². The molecule has 0 unspecified atom stereocenters. The number of nitrogens with zero attached hydrogens (tertiary/aromatic N) is 1. The molecule has 0 aliphatic rings. The fourth-order valence-corrected chi connectivity index (χ4v) is 0.934. The van der Waals surface area contributed by atoms with Crippen LogP contribution in [0.25, 0.3) is 0 Å². The number of ether oxygens (including phenoxy) is 1. The van der Waals surface area contributed by atoms with E-state index in [1.165, 1.54) is 0 Å². The van der Waals surface area contributed by atoms with Gasteiger partial charge in [0, 0.05) is 12.8 Å². The van der Waals surface area contributed by atoms with Gasteiger partial charge in [0.1, 0.15) is 5.82 Å². The van der Waals surface area contributed by atoms with E-state index in [1.54, 1.807) is 12.3 Å². The molecule has 0 aliphatic carbocycles. The van der Waals surface area contributed by atoms with Crippen LogP contribution < -0.4 is 5.73 Å². The SMILES string of the molecule is CC(C)COCc1ccc(N)nc1. The molecule has 3 heteroatoms. The molecule has 1 heterocycles. The fourth-order valence-electron chi connectivity index (χ4n) is 0.934. The predicted octanol–water partition coefficient (Wildman–Crippen LogP) is 1.84. The van der Waals surface area contributed by atoms with Crippen LogP contribution in [0.4, 0.5) is 5.82 Å². The summed E-state index contributed by atoms with van der Waals surface area (Å²) >= 11 is 0. The molecule has 0 aliphatic heterocycles. The van der Waals surface area contributed by atoms with E-state index in [0.717, 1.165) is 12.2 Å². The number of hydrogen-bond donors (Lipinski definition) is 1. The first-order chi connectivity index (χ1) is 6.18. The third-order valence-corrected chi connectivity index (χ3v) is 1.57. The molecule has 0 atom stereocenters. The Morgan fingerprint density at radius 2 is 2.23 bits per heavy atom.